The highest BCUT2D eigenvalue weighted by Crippen LogP contribution is 2.15. The van der Waals surface area contributed by atoms with Gasteiger partial charge in [-0.2, -0.15) is 0 Å². The summed E-state index contributed by atoms with van der Waals surface area (Å²) in [7, 11) is 0. The largest absolute Gasteiger partial charge is 0.386 e. The minimum absolute atomic E-state index is 0.467. The Kier molecular flexibility index (Phi) is 2.63. The molecular formula is C9H11O2. The van der Waals surface area contributed by atoms with Crippen LogP contribution in [0.2, 0.25) is 0 Å². The number of aliphatic hydroxyl groups excluding tert-OH is 1. The van der Waals surface area contributed by atoms with Gasteiger partial charge in [0.1, 0.15) is 12.7 Å². The fraction of sp³-hybridized carbons (Fsp3) is 0.333. The second-order valence-corrected chi connectivity index (χ2v) is 2.54. The zero-order valence-electron chi connectivity index (χ0n) is 6.45. The minimum Gasteiger partial charge on any atom is -0.386 e. The van der Waals surface area contributed by atoms with Crippen LogP contribution in [0.15, 0.2) is 24.3 Å². The van der Waals surface area contributed by atoms with Crippen LogP contribution in [0, 0.1) is 6.92 Å². The standard InChI is InChI=1S/C9H11O2/c1-7-4-2-3-5-8(7)9(11)6-10/h2-5,9,11H,6H2,1H3. The highest BCUT2D eigenvalue weighted by Gasteiger charge is 2.07. The lowest BCUT2D eigenvalue weighted by molar-refractivity contribution is 0.0546. The van der Waals surface area contributed by atoms with Crippen molar-refractivity contribution in [1.29, 1.82) is 0 Å². The highest BCUT2D eigenvalue weighted by atomic mass is 16.3. The van der Waals surface area contributed by atoms with Crippen LogP contribution in [0.25, 0.3) is 0 Å². The van der Waals surface area contributed by atoms with Gasteiger partial charge < -0.3 is 5.11 Å². The Bertz CT molecular complexity index is 233. The summed E-state index contributed by atoms with van der Waals surface area (Å²) in [5.74, 6) is 0. The SMILES string of the molecule is Cc1ccccc1C(O)C[O]. The van der Waals surface area contributed by atoms with Crippen molar-refractivity contribution in [3.63, 3.8) is 0 Å². The van der Waals surface area contributed by atoms with Gasteiger partial charge in [-0.25, -0.2) is 5.11 Å². The van der Waals surface area contributed by atoms with Gasteiger partial charge in [0.2, 0.25) is 0 Å². The first-order chi connectivity index (χ1) is 5.25. The van der Waals surface area contributed by atoms with Crippen LogP contribution < -0.4 is 0 Å². The molecule has 11 heavy (non-hydrogen) atoms. The second-order valence-electron chi connectivity index (χ2n) is 2.54. The summed E-state index contributed by atoms with van der Waals surface area (Å²) in [5, 5.41) is 19.5. The maximum Gasteiger partial charge on any atom is 0.112 e. The van der Waals surface area contributed by atoms with Crippen LogP contribution >= 0.6 is 0 Å². The van der Waals surface area contributed by atoms with Gasteiger partial charge in [-0.05, 0) is 18.1 Å². The lowest BCUT2D eigenvalue weighted by Gasteiger charge is -2.08. The molecule has 0 aliphatic heterocycles. The van der Waals surface area contributed by atoms with Crippen molar-refractivity contribution < 1.29 is 10.2 Å². The van der Waals surface area contributed by atoms with Crippen molar-refractivity contribution in [2.75, 3.05) is 6.61 Å². The van der Waals surface area contributed by atoms with Gasteiger partial charge in [-0.1, -0.05) is 24.3 Å². The highest BCUT2D eigenvalue weighted by molar-refractivity contribution is 5.27. The Morgan fingerprint density at radius 3 is 2.64 bits per heavy atom. The molecule has 1 aromatic rings. The quantitative estimate of drug-likeness (QED) is 0.683. The van der Waals surface area contributed by atoms with E-state index in [1.807, 2.05) is 25.1 Å². The predicted octanol–water partition coefficient (Wildman–Crippen LogP) is 1.46. The smallest absolute Gasteiger partial charge is 0.112 e. The molecule has 0 saturated carbocycles. The van der Waals surface area contributed by atoms with E-state index in [0.29, 0.717) is 0 Å². The summed E-state index contributed by atoms with van der Waals surface area (Å²) in [6.07, 6.45) is -0.851. The molecule has 0 fully saturated rings. The molecule has 1 atom stereocenters. The van der Waals surface area contributed by atoms with E-state index >= 15 is 0 Å². The zero-order valence-corrected chi connectivity index (χ0v) is 6.45. The minimum atomic E-state index is -0.851. The van der Waals surface area contributed by atoms with Gasteiger partial charge in [0.05, 0.1) is 0 Å². The van der Waals surface area contributed by atoms with Crippen molar-refractivity contribution in [3.8, 4) is 0 Å². The maximum absolute atomic E-state index is 10.3. The second kappa shape index (κ2) is 3.51. The third-order valence-corrected chi connectivity index (χ3v) is 1.71. The van der Waals surface area contributed by atoms with E-state index in [1.54, 1.807) is 6.07 Å². The Morgan fingerprint density at radius 2 is 2.09 bits per heavy atom. The number of aliphatic hydroxyl groups is 1. The molecule has 1 aromatic carbocycles. The molecule has 1 N–H and O–H groups in total. The first kappa shape index (κ1) is 8.24. The molecule has 0 aliphatic rings. The molecule has 1 radical (unpaired) electrons. The van der Waals surface area contributed by atoms with Crippen LogP contribution in [-0.4, -0.2) is 11.7 Å². The van der Waals surface area contributed by atoms with Gasteiger partial charge >= 0.3 is 0 Å². The lowest BCUT2D eigenvalue weighted by Crippen LogP contribution is -2.02. The van der Waals surface area contributed by atoms with Crippen LogP contribution in [0.4, 0.5) is 0 Å². The molecule has 0 aromatic heterocycles. The van der Waals surface area contributed by atoms with E-state index in [1.165, 1.54) is 0 Å². The van der Waals surface area contributed by atoms with Gasteiger partial charge in [-0.15, -0.1) is 0 Å². The summed E-state index contributed by atoms with van der Waals surface area (Å²) < 4.78 is 0. The first-order valence-corrected chi connectivity index (χ1v) is 3.57. The summed E-state index contributed by atoms with van der Waals surface area (Å²) in [4.78, 5) is 0. The van der Waals surface area contributed by atoms with Gasteiger partial charge in [0.25, 0.3) is 0 Å². The molecule has 1 unspecified atom stereocenters. The topological polar surface area (TPSA) is 40.1 Å². The summed E-state index contributed by atoms with van der Waals surface area (Å²) in [5.41, 5.74) is 1.71. The zero-order chi connectivity index (χ0) is 8.27. The summed E-state index contributed by atoms with van der Waals surface area (Å²) in [6, 6.07) is 7.36. The Labute approximate surface area is 66.1 Å². The Hall–Kier alpha value is -0.860. The van der Waals surface area contributed by atoms with Gasteiger partial charge in [0.15, 0.2) is 0 Å². The molecule has 0 bridgehead atoms. The van der Waals surface area contributed by atoms with E-state index in [0.717, 1.165) is 11.1 Å². The van der Waals surface area contributed by atoms with Crippen LogP contribution in [-0.2, 0) is 5.11 Å². The van der Waals surface area contributed by atoms with E-state index < -0.39 is 12.7 Å². The monoisotopic (exact) mass is 151 g/mol. The number of hydrogen-bond donors (Lipinski definition) is 1. The third-order valence-electron chi connectivity index (χ3n) is 1.71. The number of aryl methyl sites for hydroxylation is 1. The van der Waals surface area contributed by atoms with Crippen LogP contribution in [0.1, 0.15) is 17.2 Å². The molecule has 0 saturated heterocycles. The van der Waals surface area contributed by atoms with Gasteiger partial charge in [-0.3, -0.25) is 0 Å². The van der Waals surface area contributed by atoms with Crippen LogP contribution in [0.5, 0.6) is 0 Å². The lowest BCUT2D eigenvalue weighted by atomic mass is 10.0. The average molecular weight is 151 g/mol. The molecule has 2 heteroatoms. The number of hydrogen-bond acceptors (Lipinski definition) is 1. The van der Waals surface area contributed by atoms with Crippen LogP contribution in [0.3, 0.4) is 0 Å². The average Bonchev–Trinajstić information content (AvgIpc) is 2.04. The van der Waals surface area contributed by atoms with E-state index in [2.05, 4.69) is 0 Å². The molecule has 0 amide bonds. The molecule has 1 rings (SSSR count). The van der Waals surface area contributed by atoms with Crippen molar-refractivity contribution in [2.45, 2.75) is 13.0 Å². The molecule has 0 heterocycles. The van der Waals surface area contributed by atoms with Crippen molar-refractivity contribution in [1.82, 2.24) is 0 Å². The predicted molar refractivity (Wildman–Crippen MR) is 41.7 cm³/mol. The first-order valence-electron chi connectivity index (χ1n) is 3.57. The van der Waals surface area contributed by atoms with Gasteiger partial charge in [0, 0.05) is 0 Å². The molecule has 0 spiro atoms. The fourth-order valence-electron chi connectivity index (χ4n) is 1.05. The van der Waals surface area contributed by atoms with Crippen molar-refractivity contribution in [2.24, 2.45) is 0 Å². The third kappa shape index (κ3) is 1.79. The molecule has 59 valence electrons. The number of benzene rings is 1. The van der Waals surface area contributed by atoms with Crippen molar-refractivity contribution in [3.05, 3.63) is 35.4 Å². The molecule has 0 aliphatic carbocycles. The fourth-order valence-corrected chi connectivity index (χ4v) is 1.05. The maximum atomic E-state index is 10.3. The Morgan fingerprint density at radius 1 is 1.45 bits per heavy atom. The molecule has 2 nitrogen and oxygen atoms in total. The number of rotatable bonds is 2. The summed E-state index contributed by atoms with van der Waals surface area (Å²) in [6.45, 7) is 1.42. The van der Waals surface area contributed by atoms with E-state index in [-0.39, 0.29) is 0 Å². The van der Waals surface area contributed by atoms with E-state index in [9.17, 15) is 10.2 Å². The summed E-state index contributed by atoms with van der Waals surface area (Å²) >= 11 is 0. The normalized spacial score (nSPS) is 13.0. The Balaban J connectivity index is 2.93. The van der Waals surface area contributed by atoms with E-state index in [4.69, 9.17) is 0 Å². The van der Waals surface area contributed by atoms with Crippen molar-refractivity contribution >= 4 is 0 Å². The molecular weight excluding hydrogens is 140 g/mol.